The standard InChI is InChI=1S/C14H24N4O/c1-12(15)3-4-14(19)17-9-5-13(6-10-17)11-18-8-2-7-16-18/h2,7-8,12-13H,3-6,9-11,15H2,1H3. The molecule has 1 atom stereocenters. The van der Waals surface area contributed by atoms with Gasteiger partial charge in [0.1, 0.15) is 0 Å². The molecule has 1 amide bonds. The molecular weight excluding hydrogens is 240 g/mol. The smallest absolute Gasteiger partial charge is 0.222 e. The summed E-state index contributed by atoms with van der Waals surface area (Å²) in [6.45, 7) is 4.67. The number of likely N-dealkylation sites (tertiary alicyclic amines) is 1. The van der Waals surface area contributed by atoms with Crippen molar-refractivity contribution in [2.45, 2.75) is 45.2 Å². The Bertz CT molecular complexity index is 380. The first-order chi connectivity index (χ1) is 9.15. The molecule has 0 saturated carbocycles. The van der Waals surface area contributed by atoms with Gasteiger partial charge in [-0.05, 0) is 38.2 Å². The average Bonchev–Trinajstić information content (AvgIpc) is 2.89. The summed E-state index contributed by atoms with van der Waals surface area (Å²) < 4.78 is 1.98. The molecule has 2 N–H and O–H groups in total. The zero-order chi connectivity index (χ0) is 13.7. The molecule has 19 heavy (non-hydrogen) atoms. The van der Waals surface area contributed by atoms with E-state index in [0.29, 0.717) is 12.3 Å². The first-order valence-electron chi connectivity index (χ1n) is 7.16. The van der Waals surface area contributed by atoms with Crippen LogP contribution in [0.3, 0.4) is 0 Å². The number of amides is 1. The SMILES string of the molecule is CC(N)CCC(=O)N1CCC(Cn2cccn2)CC1. The Morgan fingerprint density at radius 2 is 2.21 bits per heavy atom. The molecule has 2 heterocycles. The highest BCUT2D eigenvalue weighted by atomic mass is 16.2. The van der Waals surface area contributed by atoms with E-state index < -0.39 is 0 Å². The molecule has 1 aromatic rings. The van der Waals surface area contributed by atoms with Gasteiger partial charge in [0, 0.05) is 44.5 Å². The van der Waals surface area contributed by atoms with E-state index in [1.54, 1.807) is 0 Å². The zero-order valence-corrected chi connectivity index (χ0v) is 11.7. The van der Waals surface area contributed by atoms with Crippen molar-refractivity contribution in [1.82, 2.24) is 14.7 Å². The van der Waals surface area contributed by atoms with Gasteiger partial charge in [-0.15, -0.1) is 0 Å². The summed E-state index contributed by atoms with van der Waals surface area (Å²) in [5.41, 5.74) is 5.69. The molecule has 1 aliphatic heterocycles. The summed E-state index contributed by atoms with van der Waals surface area (Å²) in [4.78, 5) is 14.0. The summed E-state index contributed by atoms with van der Waals surface area (Å²) in [5.74, 6) is 0.896. The van der Waals surface area contributed by atoms with Gasteiger partial charge in [-0.1, -0.05) is 0 Å². The molecule has 0 spiro atoms. The minimum Gasteiger partial charge on any atom is -0.343 e. The van der Waals surface area contributed by atoms with Crippen molar-refractivity contribution in [3.63, 3.8) is 0 Å². The summed E-state index contributed by atoms with van der Waals surface area (Å²) >= 11 is 0. The van der Waals surface area contributed by atoms with E-state index in [1.165, 1.54) is 0 Å². The van der Waals surface area contributed by atoms with Crippen LogP contribution in [-0.2, 0) is 11.3 Å². The van der Waals surface area contributed by atoms with Crippen LogP contribution in [0.1, 0.15) is 32.6 Å². The lowest BCUT2D eigenvalue weighted by atomic mass is 9.96. The number of hydrogen-bond acceptors (Lipinski definition) is 3. The highest BCUT2D eigenvalue weighted by molar-refractivity contribution is 5.76. The molecule has 1 aliphatic rings. The Labute approximate surface area is 114 Å². The number of piperidine rings is 1. The first-order valence-corrected chi connectivity index (χ1v) is 7.16. The lowest BCUT2D eigenvalue weighted by Gasteiger charge is -2.32. The van der Waals surface area contributed by atoms with Gasteiger partial charge in [-0.25, -0.2) is 0 Å². The fourth-order valence-electron chi connectivity index (χ4n) is 2.55. The van der Waals surface area contributed by atoms with E-state index in [9.17, 15) is 4.79 Å². The molecule has 0 bridgehead atoms. The molecule has 1 aromatic heterocycles. The number of nitrogens with two attached hydrogens (primary N) is 1. The Morgan fingerprint density at radius 3 is 2.79 bits per heavy atom. The zero-order valence-electron chi connectivity index (χ0n) is 11.7. The van der Waals surface area contributed by atoms with Gasteiger partial charge in [0.25, 0.3) is 0 Å². The molecule has 0 radical (unpaired) electrons. The van der Waals surface area contributed by atoms with E-state index >= 15 is 0 Å². The van der Waals surface area contributed by atoms with Crippen LogP contribution < -0.4 is 5.73 Å². The number of carbonyl (C=O) groups is 1. The number of aromatic nitrogens is 2. The van der Waals surface area contributed by atoms with Crippen LogP contribution in [0.2, 0.25) is 0 Å². The van der Waals surface area contributed by atoms with E-state index in [0.717, 1.165) is 38.9 Å². The fourth-order valence-corrected chi connectivity index (χ4v) is 2.55. The molecule has 0 aliphatic carbocycles. The van der Waals surface area contributed by atoms with Crippen molar-refractivity contribution in [2.24, 2.45) is 11.7 Å². The Hall–Kier alpha value is -1.36. The summed E-state index contributed by atoms with van der Waals surface area (Å²) in [6.07, 6.45) is 7.33. The minimum absolute atomic E-state index is 0.112. The Kier molecular flexibility index (Phi) is 4.96. The van der Waals surface area contributed by atoms with Crippen LogP contribution in [0.5, 0.6) is 0 Å². The van der Waals surface area contributed by atoms with Crippen LogP contribution in [0.15, 0.2) is 18.5 Å². The maximum absolute atomic E-state index is 12.0. The van der Waals surface area contributed by atoms with Gasteiger partial charge in [0.05, 0.1) is 0 Å². The summed E-state index contributed by atoms with van der Waals surface area (Å²) in [6, 6.07) is 2.06. The summed E-state index contributed by atoms with van der Waals surface area (Å²) in [7, 11) is 0. The number of carbonyl (C=O) groups excluding carboxylic acids is 1. The molecule has 5 nitrogen and oxygen atoms in total. The molecule has 0 aromatic carbocycles. The lowest BCUT2D eigenvalue weighted by molar-refractivity contribution is -0.132. The normalized spacial score (nSPS) is 18.5. The van der Waals surface area contributed by atoms with E-state index in [-0.39, 0.29) is 11.9 Å². The van der Waals surface area contributed by atoms with Crippen molar-refractivity contribution < 1.29 is 4.79 Å². The largest absolute Gasteiger partial charge is 0.343 e. The van der Waals surface area contributed by atoms with Crippen molar-refractivity contribution in [3.8, 4) is 0 Å². The highest BCUT2D eigenvalue weighted by Gasteiger charge is 2.22. The van der Waals surface area contributed by atoms with Gasteiger partial charge >= 0.3 is 0 Å². The second kappa shape index (κ2) is 6.70. The predicted molar refractivity (Wildman–Crippen MR) is 74.4 cm³/mol. The second-order valence-electron chi connectivity index (χ2n) is 5.57. The van der Waals surface area contributed by atoms with Crippen LogP contribution in [-0.4, -0.2) is 39.7 Å². The van der Waals surface area contributed by atoms with Gasteiger partial charge in [-0.2, -0.15) is 5.10 Å². The first kappa shape index (κ1) is 14.1. The number of nitrogens with zero attached hydrogens (tertiary/aromatic N) is 3. The highest BCUT2D eigenvalue weighted by Crippen LogP contribution is 2.19. The molecular formula is C14H24N4O. The third-order valence-electron chi connectivity index (χ3n) is 3.79. The lowest BCUT2D eigenvalue weighted by Crippen LogP contribution is -2.39. The topological polar surface area (TPSA) is 64.2 Å². The van der Waals surface area contributed by atoms with E-state index in [4.69, 9.17) is 5.73 Å². The van der Waals surface area contributed by atoms with Crippen molar-refractivity contribution in [1.29, 1.82) is 0 Å². The fraction of sp³-hybridized carbons (Fsp3) is 0.714. The van der Waals surface area contributed by atoms with Crippen LogP contribution in [0.4, 0.5) is 0 Å². The molecule has 1 fully saturated rings. The third-order valence-corrected chi connectivity index (χ3v) is 3.79. The Balaban J connectivity index is 1.71. The molecule has 5 heteroatoms. The summed E-state index contributed by atoms with van der Waals surface area (Å²) in [5, 5.41) is 4.24. The molecule has 2 rings (SSSR count). The van der Waals surface area contributed by atoms with Gasteiger partial charge < -0.3 is 10.6 Å². The second-order valence-corrected chi connectivity index (χ2v) is 5.57. The van der Waals surface area contributed by atoms with E-state index in [1.807, 2.05) is 35.0 Å². The third kappa shape index (κ3) is 4.35. The van der Waals surface area contributed by atoms with E-state index in [2.05, 4.69) is 5.10 Å². The van der Waals surface area contributed by atoms with Gasteiger partial charge in [0.15, 0.2) is 0 Å². The average molecular weight is 264 g/mol. The van der Waals surface area contributed by atoms with Gasteiger partial charge in [-0.3, -0.25) is 9.48 Å². The minimum atomic E-state index is 0.112. The maximum Gasteiger partial charge on any atom is 0.222 e. The quantitative estimate of drug-likeness (QED) is 0.870. The van der Waals surface area contributed by atoms with Crippen LogP contribution in [0.25, 0.3) is 0 Å². The van der Waals surface area contributed by atoms with Crippen LogP contribution in [0, 0.1) is 5.92 Å². The maximum atomic E-state index is 12.0. The number of hydrogen-bond donors (Lipinski definition) is 1. The molecule has 106 valence electrons. The number of rotatable bonds is 5. The van der Waals surface area contributed by atoms with Gasteiger partial charge in [0.2, 0.25) is 5.91 Å². The molecule has 1 saturated heterocycles. The molecule has 1 unspecified atom stereocenters. The van der Waals surface area contributed by atoms with Crippen molar-refractivity contribution in [3.05, 3.63) is 18.5 Å². The van der Waals surface area contributed by atoms with Crippen molar-refractivity contribution >= 4 is 5.91 Å². The predicted octanol–water partition coefficient (Wildman–Crippen LogP) is 1.25. The Morgan fingerprint density at radius 1 is 1.47 bits per heavy atom. The van der Waals surface area contributed by atoms with Crippen LogP contribution >= 0.6 is 0 Å². The monoisotopic (exact) mass is 264 g/mol. The van der Waals surface area contributed by atoms with Crippen molar-refractivity contribution in [2.75, 3.05) is 13.1 Å².